The second-order valence-corrected chi connectivity index (χ2v) is 6.38. The Labute approximate surface area is 130 Å². The first-order valence-electron chi connectivity index (χ1n) is 8.28. The second kappa shape index (κ2) is 5.27. The van der Waals surface area contributed by atoms with Crippen molar-refractivity contribution in [3.8, 4) is 0 Å². The summed E-state index contributed by atoms with van der Waals surface area (Å²) in [6, 6.07) is 10.6. The van der Waals surface area contributed by atoms with Crippen molar-refractivity contribution in [2.75, 3.05) is 18.0 Å². The SMILES string of the molecule is CCc1cc2nc(N3CCC(C)CC3)c3ccccc3n2n1. The summed E-state index contributed by atoms with van der Waals surface area (Å²) in [6.07, 6.45) is 3.44. The predicted octanol–water partition coefficient (Wildman–Crippen LogP) is 3.68. The summed E-state index contributed by atoms with van der Waals surface area (Å²) >= 11 is 0. The van der Waals surface area contributed by atoms with Crippen molar-refractivity contribution in [1.82, 2.24) is 14.6 Å². The maximum atomic E-state index is 4.95. The van der Waals surface area contributed by atoms with Gasteiger partial charge >= 0.3 is 0 Å². The lowest BCUT2D eigenvalue weighted by Crippen LogP contribution is -2.33. The van der Waals surface area contributed by atoms with Gasteiger partial charge in [0.15, 0.2) is 5.65 Å². The molecule has 2 aromatic heterocycles. The van der Waals surface area contributed by atoms with E-state index in [1.807, 2.05) is 4.52 Å². The van der Waals surface area contributed by atoms with Gasteiger partial charge in [-0.1, -0.05) is 26.0 Å². The molecular formula is C18H22N4. The molecule has 4 heteroatoms. The molecule has 3 heterocycles. The van der Waals surface area contributed by atoms with Crippen LogP contribution >= 0.6 is 0 Å². The number of aryl methyl sites for hydroxylation is 1. The number of hydrogen-bond acceptors (Lipinski definition) is 3. The minimum atomic E-state index is 0.827. The van der Waals surface area contributed by atoms with Gasteiger partial charge in [0.25, 0.3) is 0 Å². The first-order valence-corrected chi connectivity index (χ1v) is 8.28. The van der Waals surface area contributed by atoms with Crippen molar-refractivity contribution in [1.29, 1.82) is 0 Å². The Morgan fingerprint density at radius 2 is 1.95 bits per heavy atom. The number of aromatic nitrogens is 3. The molecule has 4 rings (SSSR count). The number of nitrogens with zero attached hydrogens (tertiary/aromatic N) is 4. The van der Waals surface area contributed by atoms with Gasteiger partial charge in [-0.25, -0.2) is 9.50 Å². The van der Waals surface area contributed by atoms with E-state index >= 15 is 0 Å². The van der Waals surface area contributed by atoms with Gasteiger partial charge in [0.05, 0.1) is 11.2 Å². The number of anilines is 1. The molecule has 1 aromatic carbocycles. The summed E-state index contributed by atoms with van der Waals surface area (Å²) in [4.78, 5) is 7.39. The van der Waals surface area contributed by atoms with Gasteiger partial charge in [-0.15, -0.1) is 0 Å². The molecule has 0 aliphatic carbocycles. The summed E-state index contributed by atoms with van der Waals surface area (Å²) in [5.74, 6) is 1.95. The number of piperidine rings is 1. The number of fused-ring (bicyclic) bond motifs is 3. The summed E-state index contributed by atoms with van der Waals surface area (Å²) in [5.41, 5.74) is 3.21. The molecule has 114 valence electrons. The highest BCUT2D eigenvalue weighted by Crippen LogP contribution is 2.29. The number of rotatable bonds is 2. The monoisotopic (exact) mass is 294 g/mol. The second-order valence-electron chi connectivity index (χ2n) is 6.38. The zero-order valence-corrected chi connectivity index (χ0v) is 13.3. The zero-order chi connectivity index (χ0) is 15.1. The van der Waals surface area contributed by atoms with Crippen LogP contribution in [-0.2, 0) is 6.42 Å². The van der Waals surface area contributed by atoms with Crippen molar-refractivity contribution in [2.24, 2.45) is 5.92 Å². The van der Waals surface area contributed by atoms with Crippen LogP contribution in [0, 0.1) is 5.92 Å². The molecule has 3 aromatic rings. The minimum absolute atomic E-state index is 0.827. The minimum Gasteiger partial charge on any atom is -0.356 e. The van der Waals surface area contributed by atoms with Crippen LogP contribution in [0.5, 0.6) is 0 Å². The Morgan fingerprint density at radius 1 is 1.18 bits per heavy atom. The first-order chi connectivity index (χ1) is 10.8. The van der Waals surface area contributed by atoms with Crippen LogP contribution < -0.4 is 4.90 Å². The molecule has 1 saturated heterocycles. The van der Waals surface area contributed by atoms with Crippen LogP contribution in [-0.4, -0.2) is 27.7 Å². The van der Waals surface area contributed by atoms with Crippen molar-refractivity contribution in [3.05, 3.63) is 36.0 Å². The van der Waals surface area contributed by atoms with Gasteiger partial charge in [-0.3, -0.25) is 0 Å². The van der Waals surface area contributed by atoms with Gasteiger partial charge < -0.3 is 4.90 Å². The average molecular weight is 294 g/mol. The van der Waals surface area contributed by atoms with Crippen LogP contribution in [0.2, 0.25) is 0 Å². The normalized spacial score (nSPS) is 16.7. The fraction of sp³-hybridized carbons (Fsp3) is 0.444. The smallest absolute Gasteiger partial charge is 0.158 e. The van der Waals surface area contributed by atoms with E-state index in [1.54, 1.807) is 0 Å². The van der Waals surface area contributed by atoms with Crippen molar-refractivity contribution in [3.63, 3.8) is 0 Å². The topological polar surface area (TPSA) is 33.4 Å². The molecule has 1 aliphatic heterocycles. The number of hydrogen-bond donors (Lipinski definition) is 0. The highest BCUT2D eigenvalue weighted by molar-refractivity contribution is 5.91. The highest BCUT2D eigenvalue weighted by atomic mass is 15.3. The van der Waals surface area contributed by atoms with E-state index in [0.29, 0.717) is 0 Å². The highest BCUT2D eigenvalue weighted by Gasteiger charge is 2.20. The van der Waals surface area contributed by atoms with E-state index in [1.165, 1.54) is 18.2 Å². The summed E-state index contributed by atoms with van der Waals surface area (Å²) in [6.45, 7) is 6.68. The van der Waals surface area contributed by atoms with Crippen molar-refractivity contribution < 1.29 is 0 Å². The standard InChI is InChI=1S/C18H22N4/c1-3-14-12-17-19-18(21-10-8-13(2)9-11-21)15-6-4-5-7-16(15)22(17)20-14/h4-7,12-13H,3,8-11H2,1-2H3. The molecule has 22 heavy (non-hydrogen) atoms. The van der Waals surface area contributed by atoms with Crippen LogP contribution in [0.1, 0.15) is 32.4 Å². The van der Waals surface area contributed by atoms with Crippen LogP contribution in [0.15, 0.2) is 30.3 Å². The van der Waals surface area contributed by atoms with Gasteiger partial charge in [-0.2, -0.15) is 5.10 Å². The Balaban J connectivity index is 1.92. The van der Waals surface area contributed by atoms with E-state index in [2.05, 4.69) is 49.1 Å². The van der Waals surface area contributed by atoms with Crippen molar-refractivity contribution in [2.45, 2.75) is 33.1 Å². The summed E-state index contributed by atoms with van der Waals surface area (Å²) in [7, 11) is 0. The third kappa shape index (κ3) is 2.14. The van der Waals surface area contributed by atoms with Gasteiger partial charge in [-0.05, 0) is 37.3 Å². The molecule has 0 saturated carbocycles. The maximum Gasteiger partial charge on any atom is 0.158 e. The summed E-state index contributed by atoms with van der Waals surface area (Å²) in [5, 5.41) is 5.90. The third-order valence-corrected chi connectivity index (χ3v) is 4.78. The molecule has 0 amide bonds. The molecule has 0 atom stereocenters. The van der Waals surface area contributed by atoms with E-state index in [0.717, 1.165) is 48.1 Å². The fourth-order valence-corrected chi connectivity index (χ4v) is 3.33. The average Bonchev–Trinajstić information content (AvgIpc) is 2.98. The van der Waals surface area contributed by atoms with Gasteiger partial charge in [0, 0.05) is 24.5 Å². The lowest BCUT2D eigenvalue weighted by Gasteiger charge is -2.32. The molecule has 1 fully saturated rings. The quantitative estimate of drug-likeness (QED) is 0.723. The van der Waals surface area contributed by atoms with Crippen LogP contribution in [0.4, 0.5) is 5.82 Å². The molecule has 0 bridgehead atoms. The third-order valence-electron chi connectivity index (χ3n) is 4.78. The van der Waals surface area contributed by atoms with E-state index < -0.39 is 0 Å². The number of benzene rings is 1. The number of para-hydroxylation sites is 1. The predicted molar refractivity (Wildman–Crippen MR) is 90.5 cm³/mol. The van der Waals surface area contributed by atoms with Gasteiger partial charge in [0.2, 0.25) is 0 Å². The molecule has 0 unspecified atom stereocenters. The largest absolute Gasteiger partial charge is 0.356 e. The molecule has 4 nitrogen and oxygen atoms in total. The molecule has 0 radical (unpaired) electrons. The molecule has 0 spiro atoms. The van der Waals surface area contributed by atoms with Crippen molar-refractivity contribution >= 4 is 22.4 Å². The van der Waals surface area contributed by atoms with E-state index in [4.69, 9.17) is 10.1 Å². The Morgan fingerprint density at radius 3 is 2.73 bits per heavy atom. The van der Waals surface area contributed by atoms with Crippen LogP contribution in [0.3, 0.4) is 0 Å². The van der Waals surface area contributed by atoms with E-state index in [-0.39, 0.29) is 0 Å². The molecule has 0 N–H and O–H groups in total. The first kappa shape index (κ1) is 13.6. The lowest BCUT2D eigenvalue weighted by molar-refractivity contribution is 0.437. The Bertz CT molecular complexity index is 812. The fourth-order valence-electron chi connectivity index (χ4n) is 3.33. The van der Waals surface area contributed by atoms with Gasteiger partial charge in [0.1, 0.15) is 5.82 Å². The Kier molecular flexibility index (Phi) is 3.25. The zero-order valence-electron chi connectivity index (χ0n) is 13.3. The summed E-state index contributed by atoms with van der Waals surface area (Å²) < 4.78 is 1.99. The van der Waals surface area contributed by atoms with Crippen LogP contribution in [0.25, 0.3) is 16.6 Å². The van der Waals surface area contributed by atoms with E-state index in [9.17, 15) is 0 Å². The maximum absolute atomic E-state index is 4.95. The molecular weight excluding hydrogens is 272 g/mol. The molecule has 1 aliphatic rings. The Hall–Kier alpha value is -2.10. The lowest BCUT2D eigenvalue weighted by atomic mass is 9.99.